The number of hydrogen-bond donors (Lipinski definition) is 0. The zero-order chi connectivity index (χ0) is 21.3. The minimum Gasteiger partial charge on any atom is -0.485 e. The van der Waals surface area contributed by atoms with Gasteiger partial charge in [0.2, 0.25) is 0 Å². The minimum atomic E-state index is -0.290. The summed E-state index contributed by atoms with van der Waals surface area (Å²) in [6, 6.07) is 18.9. The summed E-state index contributed by atoms with van der Waals surface area (Å²) in [5, 5.41) is 0. The lowest BCUT2D eigenvalue weighted by molar-refractivity contribution is -0.0515. The monoisotopic (exact) mass is 396 g/mol. The highest BCUT2D eigenvalue weighted by molar-refractivity contribution is 5.29. The highest BCUT2D eigenvalue weighted by Gasteiger charge is 2.34. The first-order valence-corrected chi connectivity index (χ1v) is 11.2. The molecular weight excluding hydrogens is 356 g/mol. The molecule has 0 atom stereocenters. The van der Waals surface area contributed by atoms with E-state index in [0.717, 1.165) is 31.6 Å². The average molecular weight is 397 g/mol. The standard InChI is InChI=1S/C27H40O2/c1-21(2)18-27(19-22(3)4,29-25-13-8-7-9-14-25)20-28-17-16-24-12-10-11-15-26(24)23(5)6/h7-15,21-23H,16-20H2,1-6H3. The van der Waals surface area contributed by atoms with Crippen molar-refractivity contribution >= 4 is 0 Å². The number of benzene rings is 2. The third-order valence-electron chi connectivity index (χ3n) is 5.20. The summed E-state index contributed by atoms with van der Waals surface area (Å²) in [6.45, 7) is 14.9. The van der Waals surface area contributed by atoms with Gasteiger partial charge in [-0.25, -0.2) is 0 Å². The molecule has 0 amide bonds. The van der Waals surface area contributed by atoms with Crippen molar-refractivity contribution in [1.82, 2.24) is 0 Å². The molecule has 0 saturated carbocycles. The van der Waals surface area contributed by atoms with Crippen LogP contribution < -0.4 is 4.74 Å². The second-order valence-corrected chi connectivity index (χ2v) is 9.45. The average Bonchev–Trinajstić information content (AvgIpc) is 2.65. The van der Waals surface area contributed by atoms with Crippen molar-refractivity contribution in [3.63, 3.8) is 0 Å². The molecule has 0 unspecified atom stereocenters. The SMILES string of the molecule is CC(C)CC(COCCc1ccccc1C(C)C)(CC(C)C)Oc1ccccc1. The topological polar surface area (TPSA) is 18.5 Å². The van der Waals surface area contributed by atoms with Crippen LogP contribution in [0, 0.1) is 11.8 Å². The van der Waals surface area contributed by atoms with Crippen LogP contribution in [0.5, 0.6) is 5.75 Å². The van der Waals surface area contributed by atoms with Gasteiger partial charge in [-0.2, -0.15) is 0 Å². The van der Waals surface area contributed by atoms with Gasteiger partial charge in [-0.1, -0.05) is 84.0 Å². The van der Waals surface area contributed by atoms with E-state index in [0.29, 0.717) is 24.4 Å². The minimum absolute atomic E-state index is 0.290. The third-order valence-corrected chi connectivity index (χ3v) is 5.20. The molecule has 29 heavy (non-hydrogen) atoms. The molecule has 2 aromatic rings. The zero-order valence-corrected chi connectivity index (χ0v) is 19.3. The first-order chi connectivity index (χ1) is 13.8. The Bertz CT molecular complexity index is 693. The fourth-order valence-electron chi connectivity index (χ4n) is 4.31. The van der Waals surface area contributed by atoms with Crippen LogP contribution in [0.4, 0.5) is 0 Å². The van der Waals surface area contributed by atoms with E-state index in [1.54, 1.807) is 0 Å². The molecule has 0 aliphatic heterocycles. The molecule has 0 radical (unpaired) electrons. The fourth-order valence-corrected chi connectivity index (χ4v) is 4.31. The van der Waals surface area contributed by atoms with E-state index in [2.05, 4.69) is 65.8 Å². The van der Waals surface area contributed by atoms with Crippen molar-refractivity contribution in [2.24, 2.45) is 11.8 Å². The van der Waals surface area contributed by atoms with Crippen LogP contribution in [0.3, 0.4) is 0 Å². The van der Waals surface area contributed by atoms with Crippen LogP contribution in [0.2, 0.25) is 0 Å². The van der Waals surface area contributed by atoms with Gasteiger partial charge in [0.25, 0.3) is 0 Å². The summed E-state index contributed by atoms with van der Waals surface area (Å²) in [4.78, 5) is 0. The molecular formula is C27H40O2. The van der Waals surface area contributed by atoms with Gasteiger partial charge in [-0.3, -0.25) is 0 Å². The van der Waals surface area contributed by atoms with E-state index in [4.69, 9.17) is 9.47 Å². The van der Waals surface area contributed by atoms with Crippen molar-refractivity contribution < 1.29 is 9.47 Å². The quantitative estimate of drug-likeness (QED) is 0.351. The summed E-state index contributed by atoms with van der Waals surface area (Å²) in [6.07, 6.45) is 2.92. The Kier molecular flexibility index (Phi) is 9.23. The lowest BCUT2D eigenvalue weighted by Crippen LogP contribution is -2.44. The van der Waals surface area contributed by atoms with Crippen molar-refractivity contribution in [2.45, 2.75) is 72.3 Å². The molecule has 0 heterocycles. The molecule has 2 rings (SSSR count). The molecule has 0 spiro atoms. The molecule has 0 fully saturated rings. The Morgan fingerprint density at radius 2 is 1.34 bits per heavy atom. The van der Waals surface area contributed by atoms with Crippen LogP contribution in [-0.2, 0) is 11.2 Å². The maximum Gasteiger partial charge on any atom is 0.133 e. The van der Waals surface area contributed by atoms with E-state index in [-0.39, 0.29) is 5.60 Å². The van der Waals surface area contributed by atoms with Gasteiger partial charge < -0.3 is 9.47 Å². The first-order valence-electron chi connectivity index (χ1n) is 11.2. The Labute approximate surface area is 178 Å². The third kappa shape index (κ3) is 7.85. The van der Waals surface area contributed by atoms with Crippen LogP contribution in [0.1, 0.15) is 71.4 Å². The van der Waals surface area contributed by atoms with Crippen LogP contribution in [0.15, 0.2) is 54.6 Å². The normalized spacial score (nSPS) is 12.2. The second-order valence-electron chi connectivity index (χ2n) is 9.45. The van der Waals surface area contributed by atoms with E-state index in [9.17, 15) is 0 Å². The molecule has 2 heteroatoms. The van der Waals surface area contributed by atoms with Crippen molar-refractivity contribution in [1.29, 1.82) is 0 Å². The molecule has 2 nitrogen and oxygen atoms in total. The predicted octanol–water partition coefficient (Wildman–Crippen LogP) is 7.28. The molecule has 0 aliphatic carbocycles. The Hall–Kier alpha value is -1.80. The number of rotatable bonds is 12. The maximum absolute atomic E-state index is 6.61. The Balaban J connectivity index is 2.08. The van der Waals surface area contributed by atoms with Crippen molar-refractivity contribution in [3.05, 3.63) is 65.7 Å². The summed E-state index contributed by atoms with van der Waals surface area (Å²) in [5.74, 6) is 2.56. The van der Waals surface area contributed by atoms with Gasteiger partial charge in [-0.05, 0) is 60.3 Å². The summed E-state index contributed by atoms with van der Waals surface area (Å²) < 4.78 is 12.9. The predicted molar refractivity (Wildman–Crippen MR) is 124 cm³/mol. The molecule has 0 saturated heterocycles. The van der Waals surface area contributed by atoms with Crippen LogP contribution >= 0.6 is 0 Å². The smallest absolute Gasteiger partial charge is 0.133 e. The lowest BCUT2D eigenvalue weighted by atomic mass is 9.85. The number of ether oxygens (including phenoxy) is 2. The van der Waals surface area contributed by atoms with Crippen LogP contribution in [-0.4, -0.2) is 18.8 Å². The molecule has 160 valence electrons. The fraction of sp³-hybridized carbons (Fsp3) is 0.556. The highest BCUT2D eigenvalue weighted by atomic mass is 16.5. The second kappa shape index (κ2) is 11.4. The van der Waals surface area contributed by atoms with E-state index >= 15 is 0 Å². The van der Waals surface area contributed by atoms with Crippen molar-refractivity contribution in [3.8, 4) is 5.75 Å². The van der Waals surface area contributed by atoms with Gasteiger partial charge in [0.15, 0.2) is 0 Å². The lowest BCUT2D eigenvalue weighted by Gasteiger charge is -2.37. The Morgan fingerprint density at radius 1 is 0.759 bits per heavy atom. The molecule has 0 aromatic heterocycles. The number of para-hydroxylation sites is 1. The maximum atomic E-state index is 6.61. The summed E-state index contributed by atoms with van der Waals surface area (Å²) in [5.41, 5.74) is 2.53. The van der Waals surface area contributed by atoms with Gasteiger partial charge in [0.1, 0.15) is 11.4 Å². The summed E-state index contributed by atoms with van der Waals surface area (Å²) in [7, 11) is 0. The highest BCUT2D eigenvalue weighted by Crippen LogP contribution is 2.31. The first kappa shape index (κ1) is 23.5. The zero-order valence-electron chi connectivity index (χ0n) is 19.3. The summed E-state index contributed by atoms with van der Waals surface area (Å²) >= 11 is 0. The van der Waals surface area contributed by atoms with Gasteiger partial charge in [-0.15, -0.1) is 0 Å². The molecule has 0 aliphatic rings. The largest absolute Gasteiger partial charge is 0.485 e. The van der Waals surface area contributed by atoms with E-state index in [1.165, 1.54) is 11.1 Å². The van der Waals surface area contributed by atoms with Gasteiger partial charge >= 0.3 is 0 Å². The van der Waals surface area contributed by atoms with Gasteiger partial charge in [0, 0.05) is 0 Å². The molecule has 2 aromatic carbocycles. The molecule has 0 N–H and O–H groups in total. The number of hydrogen-bond acceptors (Lipinski definition) is 2. The van der Waals surface area contributed by atoms with E-state index in [1.807, 2.05) is 30.3 Å². The molecule has 0 bridgehead atoms. The van der Waals surface area contributed by atoms with Gasteiger partial charge in [0.05, 0.1) is 13.2 Å². The van der Waals surface area contributed by atoms with Crippen molar-refractivity contribution in [2.75, 3.05) is 13.2 Å². The van der Waals surface area contributed by atoms with E-state index < -0.39 is 0 Å². The Morgan fingerprint density at radius 3 is 1.93 bits per heavy atom. The van der Waals surface area contributed by atoms with Crippen LogP contribution in [0.25, 0.3) is 0 Å².